The molecule has 0 N–H and O–H groups in total. The number of carbonyl (C=O) groups is 1. The minimum absolute atomic E-state index is 0.182. The molecule has 4 nitrogen and oxygen atoms in total. The first-order chi connectivity index (χ1) is 13.7. The first-order valence-electron chi connectivity index (χ1n) is 9.44. The molecule has 0 saturated carbocycles. The standard InChI is InChI=1S/C22H23FN2O2S/c1-2-11-28-15-19-14-25(22(26)27-19)18-7-8-21(20(23)12-18)24-10-9-16-5-3-4-6-17(16)13-24/h2-8,12,19H,1,9-11,13-15H2/t19-/m0/s1. The Labute approximate surface area is 169 Å². The number of ether oxygens (including phenoxy) is 1. The lowest BCUT2D eigenvalue weighted by molar-refractivity contribution is 0.151. The van der Waals surface area contributed by atoms with E-state index in [0.29, 0.717) is 30.2 Å². The molecule has 4 rings (SSSR count). The number of carbonyl (C=O) groups excluding carboxylic acids is 1. The van der Waals surface area contributed by atoms with Crippen LogP contribution in [0, 0.1) is 5.82 Å². The summed E-state index contributed by atoms with van der Waals surface area (Å²) in [6.45, 7) is 5.60. The van der Waals surface area contributed by atoms with E-state index in [2.05, 4.69) is 23.6 Å². The molecule has 0 radical (unpaired) electrons. The molecule has 0 spiro atoms. The lowest BCUT2D eigenvalue weighted by atomic mass is 9.99. The molecule has 1 fully saturated rings. The van der Waals surface area contributed by atoms with Crippen molar-refractivity contribution in [2.45, 2.75) is 19.1 Å². The molecule has 28 heavy (non-hydrogen) atoms. The van der Waals surface area contributed by atoms with E-state index >= 15 is 0 Å². The summed E-state index contributed by atoms with van der Waals surface area (Å²) < 4.78 is 20.3. The molecule has 2 aromatic carbocycles. The first kappa shape index (κ1) is 18.9. The number of hydrogen-bond donors (Lipinski definition) is 0. The average Bonchev–Trinajstić information content (AvgIpc) is 3.08. The van der Waals surface area contributed by atoms with Crippen LogP contribution >= 0.6 is 11.8 Å². The Kier molecular flexibility index (Phi) is 5.57. The van der Waals surface area contributed by atoms with E-state index in [1.165, 1.54) is 22.1 Å². The SMILES string of the molecule is C=CCSC[C@@H]1CN(c2ccc(N3CCc4ccccc4C3)c(F)c2)C(=O)O1. The zero-order chi connectivity index (χ0) is 19.5. The highest BCUT2D eigenvalue weighted by atomic mass is 32.2. The van der Waals surface area contributed by atoms with Crippen LogP contribution in [0.5, 0.6) is 0 Å². The number of cyclic esters (lactones) is 1. The number of benzene rings is 2. The zero-order valence-corrected chi connectivity index (χ0v) is 16.5. The molecule has 1 amide bonds. The summed E-state index contributed by atoms with van der Waals surface area (Å²) in [4.78, 5) is 15.8. The maximum absolute atomic E-state index is 14.9. The van der Waals surface area contributed by atoms with Crippen LogP contribution in [0.4, 0.5) is 20.6 Å². The van der Waals surface area contributed by atoms with Crippen molar-refractivity contribution in [1.29, 1.82) is 0 Å². The van der Waals surface area contributed by atoms with Crippen molar-refractivity contribution < 1.29 is 13.9 Å². The third kappa shape index (κ3) is 3.87. The van der Waals surface area contributed by atoms with E-state index in [1.807, 2.05) is 18.2 Å². The number of fused-ring (bicyclic) bond motifs is 1. The Hall–Kier alpha value is -2.47. The highest BCUT2D eigenvalue weighted by Crippen LogP contribution is 2.31. The van der Waals surface area contributed by atoms with Gasteiger partial charge in [-0.3, -0.25) is 4.90 Å². The minimum Gasteiger partial charge on any atom is -0.443 e. The fourth-order valence-corrected chi connectivity index (χ4v) is 4.46. The number of rotatable bonds is 6. The van der Waals surface area contributed by atoms with Crippen LogP contribution in [0.15, 0.2) is 55.1 Å². The van der Waals surface area contributed by atoms with Gasteiger partial charge < -0.3 is 9.64 Å². The second kappa shape index (κ2) is 8.27. The Morgan fingerprint density at radius 3 is 2.86 bits per heavy atom. The molecule has 146 valence electrons. The summed E-state index contributed by atoms with van der Waals surface area (Å²) in [7, 11) is 0. The third-order valence-electron chi connectivity index (χ3n) is 5.13. The van der Waals surface area contributed by atoms with Gasteiger partial charge in [0.15, 0.2) is 0 Å². The number of anilines is 2. The molecule has 2 aliphatic rings. The quantitative estimate of drug-likeness (QED) is 0.525. The molecular weight excluding hydrogens is 375 g/mol. The number of hydrogen-bond acceptors (Lipinski definition) is 4. The van der Waals surface area contributed by atoms with Crippen LogP contribution in [-0.2, 0) is 17.7 Å². The molecule has 2 aromatic rings. The monoisotopic (exact) mass is 398 g/mol. The van der Waals surface area contributed by atoms with Gasteiger partial charge in [-0.15, -0.1) is 6.58 Å². The molecule has 1 saturated heterocycles. The van der Waals surface area contributed by atoms with Crippen molar-refractivity contribution in [3.63, 3.8) is 0 Å². The van der Waals surface area contributed by atoms with Gasteiger partial charge >= 0.3 is 6.09 Å². The average molecular weight is 399 g/mol. The van der Waals surface area contributed by atoms with Crippen molar-refractivity contribution >= 4 is 29.2 Å². The van der Waals surface area contributed by atoms with Gasteiger partial charge in [0.25, 0.3) is 0 Å². The normalized spacial score (nSPS) is 18.8. The predicted molar refractivity (Wildman–Crippen MR) is 113 cm³/mol. The van der Waals surface area contributed by atoms with Crippen LogP contribution in [0.25, 0.3) is 0 Å². The molecule has 0 aliphatic carbocycles. The minimum atomic E-state index is -0.414. The van der Waals surface area contributed by atoms with Crippen LogP contribution < -0.4 is 9.80 Å². The van der Waals surface area contributed by atoms with Gasteiger partial charge in [0.1, 0.15) is 11.9 Å². The fraction of sp³-hybridized carbons (Fsp3) is 0.318. The van der Waals surface area contributed by atoms with Gasteiger partial charge in [-0.1, -0.05) is 30.3 Å². The Balaban J connectivity index is 1.46. The van der Waals surface area contributed by atoms with Crippen LogP contribution in [0.3, 0.4) is 0 Å². The van der Waals surface area contributed by atoms with Crippen LogP contribution in [-0.4, -0.2) is 36.8 Å². The van der Waals surface area contributed by atoms with Gasteiger partial charge in [-0.25, -0.2) is 9.18 Å². The van der Waals surface area contributed by atoms with Crippen molar-refractivity contribution in [2.75, 3.05) is 34.4 Å². The van der Waals surface area contributed by atoms with Gasteiger partial charge in [0.05, 0.1) is 17.9 Å². The van der Waals surface area contributed by atoms with E-state index in [1.54, 1.807) is 23.9 Å². The van der Waals surface area contributed by atoms with Gasteiger partial charge in [-0.05, 0) is 35.7 Å². The molecular formula is C22H23FN2O2S. The van der Waals surface area contributed by atoms with E-state index in [4.69, 9.17) is 4.74 Å². The number of thioether (sulfide) groups is 1. The number of amides is 1. The second-order valence-electron chi connectivity index (χ2n) is 7.02. The summed E-state index contributed by atoms with van der Waals surface area (Å²) in [6.07, 6.45) is 2.13. The van der Waals surface area contributed by atoms with Crippen molar-refractivity contribution in [3.05, 3.63) is 72.1 Å². The predicted octanol–water partition coefficient (Wildman–Crippen LogP) is 4.63. The third-order valence-corrected chi connectivity index (χ3v) is 6.21. The summed E-state index contributed by atoms with van der Waals surface area (Å²) in [5.74, 6) is 1.22. The highest BCUT2D eigenvalue weighted by Gasteiger charge is 2.32. The summed E-state index contributed by atoms with van der Waals surface area (Å²) in [5, 5.41) is 0. The number of halogens is 1. The zero-order valence-electron chi connectivity index (χ0n) is 15.6. The fourth-order valence-electron chi connectivity index (χ4n) is 3.72. The van der Waals surface area contributed by atoms with Gasteiger partial charge in [0, 0.05) is 24.6 Å². The molecule has 6 heteroatoms. The van der Waals surface area contributed by atoms with E-state index in [9.17, 15) is 9.18 Å². The van der Waals surface area contributed by atoms with Gasteiger partial charge in [0.2, 0.25) is 0 Å². The first-order valence-corrected chi connectivity index (χ1v) is 10.6. The smallest absolute Gasteiger partial charge is 0.414 e. The Morgan fingerprint density at radius 2 is 2.07 bits per heavy atom. The second-order valence-corrected chi connectivity index (χ2v) is 8.09. The van der Waals surface area contributed by atoms with Crippen molar-refractivity contribution in [2.24, 2.45) is 0 Å². The highest BCUT2D eigenvalue weighted by molar-refractivity contribution is 7.99. The molecule has 2 heterocycles. The molecule has 2 aliphatic heterocycles. The van der Waals surface area contributed by atoms with E-state index in [-0.39, 0.29) is 11.9 Å². The Morgan fingerprint density at radius 1 is 1.25 bits per heavy atom. The van der Waals surface area contributed by atoms with E-state index < -0.39 is 6.09 Å². The number of nitrogens with zero attached hydrogens (tertiary/aromatic N) is 2. The largest absolute Gasteiger partial charge is 0.443 e. The summed E-state index contributed by atoms with van der Waals surface area (Å²) in [6, 6.07) is 13.3. The summed E-state index contributed by atoms with van der Waals surface area (Å²) >= 11 is 1.67. The van der Waals surface area contributed by atoms with Crippen LogP contribution in [0.2, 0.25) is 0 Å². The maximum atomic E-state index is 14.9. The van der Waals surface area contributed by atoms with Crippen molar-refractivity contribution in [1.82, 2.24) is 0 Å². The van der Waals surface area contributed by atoms with E-state index in [0.717, 1.165) is 18.7 Å². The maximum Gasteiger partial charge on any atom is 0.414 e. The lowest BCUT2D eigenvalue weighted by Crippen LogP contribution is -2.31. The van der Waals surface area contributed by atoms with Gasteiger partial charge in [-0.2, -0.15) is 11.8 Å². The molecule has 0 unspecified atom stereocenters. The molecule has 1 atom stereocenters. The van der Waals surface area contributed by atoms with Crippen LogP contribution in [0.1, 0.15) is 11.1 Å². The Bertz CT molecular complexity index is 889. The van der Waals surface area contributed by atoms with Crippen molar-refractivity contribution in [3.8, 4) is 0 Å². The topological polar surface area (TPSA) is 32.8 Å². The lowest BCUT2D eigenvalue weighted by Gasteiger charge is -2.31. The molecule has 0 aromatic heterocycles. The summed E-state index contributed by atoms with van der Waals surface area (Å²) in [5.41, 5.74) is 3.68. The molecule has 0 bridgehead atoms.